The molecule has 0 radical (unpaired) electrons. The summed E-state index contributed by atoms with van der Waals surface area (Å²) < 4.78 is 5.31. The maximum atomic E-state index is 5.72. The summed E-state index contributed by atoms with van der Waals surface area (Å²) in [7, 11) is 1.75. The van der Waals surface area contributed by atoms with E-state index in [4.69, 9.17) is 10.5 Å². The Morgan fingerprint density at radius 2 is 2.31 bits per heavy atom. The summed E-state index contributed by atoms with van der Waals surface area (Å²) in [6, 6.07) is 0. The van der Waals surface area contributed by atoms with Crippen LogP contribution in [-0.2, 0) is 0 Å². The van der Waals surface area contributed by atoms with Crippen LogP contribution in [-0.4, -0.2) is 23.6 Å². The van der Waals surface area contributed by atoms with Gasteiger partial charge in [0.25, 0.3) is 0 Å². The van der Waals surface area contributed by atoms with Crippen molar-refractivity contribution in [3.05, 3.63) is 6.33 Å². The van der Waals surface area contributed by atoms with E-state index in [9.17, 15) is 0 Å². The Morgan fingerprint density at radius 3 is 2.92 bits per heavy atom. The van der Waals surface area contributed by atoms with Gasteiger partial charge in [-0.15, -0.1) is 0 Å². The normalized spacial score (nSPS) is 9.69. The van der Waals surface area contributed by atoms with E-state index in [0.29, 0.717) is 24.0 Å². The van der Waals surface area contributed by atoms with Crippen molar-refractivity contribution in [1.29, 1.82) is 0 Å². The lowest BCUT2D eigenvalue weighted by Crippen LogP contribution is -2.05. The first-order valence-corrected chi connectivity index (χ1v) is 4.20. The molecule has 0 bridgehead atoms. The van der Waals surface area contributed by atoms with Crippen LogP contribution in [0.3, 0.4) is 0 Å². The maximum absolute atomic E-state index is 5.72. The Kier molecular flexibility index (Phi) is 3.31. The van der Waals surface area contributed by atoms with Gasteiger partial charge in [-0.05, 0) is 6.42 Å². The van der Waals surface area contributed by atoms with Gasteiger partial charge >= 0.3 is 0 Å². The van der Waals surface area contributed by atoms with E-state index >= 15 is 0 Å². The predicted octanol–water partition coefficient (Wildman–Crippen LogP) is 0.889. The third-order valence-corrected chi connectivity index (χ3v) is 1.53. The van der Waals surface area contributed by atoms with Crippen molar-refractivity contribution in [3.8, 4) is 5.88 Å². The Hall–Kier alpha value is -1.52. The average Bonchev–Trinajstić information content (AvgIpc) is 2.16. The van der Waals surface area contributed by atoms with E-state index < -0.39 is 0 Å². The van der Waals surface area contributed by atoms with Crippen LogP contribution < -0.4 is 15.8 Å². The van der Waals surface area contributed by atoms with Crippen molar-refractivity contribution >= 4 is 11.5 Å². The number of nitrogens with one attached hydrogen (secondary N) is 1. The van der Waals surface area contributed by atoms with Crippen LogP contribution in [0, 0.1) is 0 Å². The standard InChI is InChI=1S/C8H14N4O/c1-3-4-13-8-6(9)7(10-2)11-5-12-8/h5H,3-4,9H2,1-2H3,(H,10,11,12). The van der Waals surface area contributed by atoms with Gasteiger partial charge in [0.2, 0.25) is 5.88 Å². The molecule has 0 unspecified atom stereocenters. The lowest BCUT2D eigenvalue weighted by molar-refractivity contribution is 0.307. The molecule has 13 heavy (non-hydrogen) atoms. The van der Waals surface area contributed by atoms with E-state index in [1.165, 1.54) is 6.33 Å². The number of aromatic nitrogens is 2. The Morgan fingerprint density at radius 1 is 1.54 bits per heavy atom. The highest BCUT2D eigenvalue weighted by Gasteiger charge is 2.06. The van der Waals surface area contributed by atoms with Gasteiger partial charge in [-0.25, -0.2) is 4.98 Å². The van der Waals surface area contributed by atoms with E-state index in [1.807, 2.05) is 6.92 Å². The molecule has 0 saturated carbocycles. The minimum Gasteiger partial charge on any atom is -0.476 e. The molecule has 0 saturated heterocycles. The molecule has 5 heteroatoms. The van der Waals surface area contributed by atoms with Crippen molar-refractivity contribution < 1.29 is 4.74 Å². The molecule has 1 rings (SSSR count). The lowest BCUT2D eigenvalue weighted by Gasteiger charge is -2.08. The third-order valence-electron chi connectivity index (χ3n) is 1.53. The SMILES string of the molecule is CCCOc1ncnc(NC)c1N. The van der Waals surface area contributed by atoms with Crippen molar-refractivity contribution in [1.82, 2.24) is 9.97 Å². The van der Waals surface area contributed by atoms with Crippen LogP contribution in [0.2, 0.25) is 0 Å². The minimum atomic E-state index is 0.446. The number of rotatable bonds is 4. The molecular weight excluding hydrogens is 168 g/mol. The number of hydrogen-bond donors (Lipinski definition) is 2. The molecule has 0 spiro atoms. The fraction of sp³-hybridized carbons (Fsp3) is 0.500. The van der Waals surface area contributed by atoms with E-state index in [0.717, 1.165) is 6.42 Å². The predicted molar refractivity (Wildman–Crippen MR) is 51.8 cm³/mol. The van der Waals surface area contributed by atoms with E-state index in [-0.39, 0.29) is 0 Å². The van der Waals surface area contributed by atoms with Gasteiger partial charge < -0.3 is 15.8 Å². The van der Waals surface area contributed by atoms with Gasteiger partial charge in [-0.2, -0.15) is 4.98 Å². The molecule has 1 heterocycles. The molecule has 0 aliphatic rings. The molecule has 0 aromatic carbocycles. The van der Waals surface area contributed by atoms with Crippen LogP contribution in [0.4, 0.5) is 11.5 Å². The lowest BCUT2D eigenvalue weighted by atomic mass is 10.4. The monoisotopic (exact) mass is 182 g/mol. The Labute approximate surface area is 77.3 Å². The second kappa shape index (κ2) is 4.49. The largest absolute Gasteiger partial charge is 0.476 e. The number of nitrogens with two attached hydrogens (primary N) is 1. The zero-order valence-corrected chi connectivity index (χ0v) is 7.87. The average molecular weight is 182 g/mol. The molecule has 3 N–H and O–H groups in total. The van der Waals surface area contributed by atoms with E-state index in [1.54, 1.807) is 7.05 Å². The molecule has 1 aromatic heterocycles. The number of hydrogen-bond acceptors (Lipinski definition) is 5. The molecule has 0 aliphatic heterocycles. The number of nitrogens with zero attached hydrogens (tertiary/aromatic N) is 2. The molecule has 0 amide bonds. The van der Waals surface area contributed by atoms with Crippen molar-refractivity contribution in [2.24, 2.45) is 0 Å². The maximum Gasteiger partial charge on any atom is 0.242 e. The summed E-state index contributed by atoms with van der Waals surface area (Å²) >= 11 is 0. The summed E-state index contributed by atoms with van der Waals surface area (Å²) in [5.41, 5.74) is 6.18. The molecule has 72 valence electrons. The van der Waals surface area contributed by atoms with Crippen LogP contribution in [0.25, 0.3) is 0 Å². The minimum absolute atomic E-state index is 0.446. The van der Waals surface area contributed by atoms with Gasteiger partial charge in [0.1, 0.15) is 12.0 Å². The van der Waals surface area contributed by atoms with Gasteiger partial charge in [0.05, 0.1) is 6.61 Å². The molecule has 0 atom stereocenters. The van der Waals surface area contributed by atoms with Crippen molar-refractivity contribution in [2.45, 2.75) is 13.3 Å². The smallest absolute Gasteiger partial charge is 0.242 e. The Bertz CT molecular complexity index is 277. The molecule has 0 aliphatic carbocycles. The highest BCUT2D eigenvalue weighted by atomic mass is 16.5. The number of ether oxygens (including phenoxy) is 1. The van der Waals surface area contributed by atoms with Crippen molar-refractivity contribution in [2.75, 3.05) is 24.7 Å². The van der Waals surface area contributed by atoms with Crippen LogP contribution >= 0.6 is 0 Å². The van der Waals surface area contributed by atoms with Gasteiger partial charge in [-0.3, -0.25) is 0 Å². The van der Waals surface area contributed by atoms with Gasteiger partial charge in [-0.1, -0.05) is 6.92 Å². The van der Waals surface area contributed by atoms with Crippen molar-refractivity contribution in [3.63, 3.8) is 0 Å². The zero-order valence-electron chi connectivity index (χ0n) is 7.87. The zero-order chi connectivity index (χ0) is 9.68. The second-order valence-corrected chi connectivity index (χ2v) is 2.54. The van der Waals surface area contributed by atoms with Crippen LogP contribution in [0.1, 0.15) is 13.3 Å². The number of nitrogen functional groups attached to an aromatic ring is 1. The first-order chi connectivity index (χ1) is 6.29. The fourth-order valence-electron chi connectivity index (χ4n) is 0.892. The highest BCUT2D eigenvalue weighted by Crippen LogP contribution is 2.23. The van der Waals surface area contributed by atoms with Gasteiger partial charge in [0, 0.05) is 7.05 Å². The number of anilines is 2. The Balaban J connectivity index is 2.81. The second-order valence-electron chi connectivity index (χ2n) is 2.54. The molecule has 1 aromatic rings. The summed E-state index contributed by atoms with van der Waals surface area (Å²) in [5, 5.41) is 2.86. The molecule has 5 nitrogen and oxygen atoms in total. The topological polar surface area (TPSA) is 73.1 Å². The fourth-order valence-corrected chi connectivity index (χ4v) is 0.892. The summed E-state index contributed by atoms with van der Waals surface area (Å²) in [6.45, 7) is 2.64. The van der Waals surface area contributed by atoms with E-state index in [2.05, 4.69) is 15.3 Å². The highest BCUT2D eigenvalue weighted by molar-refractivity contribution is 5.65. The third kappa shape index (κ3) is 2.21. The van der Waals surface area contributed by atoms with Crippen LogP contribution in [0.15, 0.2) is 6.33 Å². The first kappa shape index (κ1) is 9.57. The summed E-state index contributed by atoms with van der Waals surface area (Å²) in [4.78, 5) is 7.86. The quantitative estimate of drug-likeness (QED) is 0.723. The molecular formula is C8H14N4O. The summed E-state index contributed by atoms with van der Waals surface area (Å²) in [6.07, 6.45) is 2.35. The molecule has 0 fully saturated rings. The van der Waals surface area contributed by atoms with Gasteiger partial charge in [0.15, 0.2) is 5.82 Å². The first-order valence-electron chi connectivity index (χ1n) is 4.20. The van der Waals surface area contributed by atoms with Crippen LogP contribution in [0.5, 0.6) is 5.88 Å². The summed E-state index contributed by atoms with van der Waals surface area (Å²) in [5.74, 6) is 1.04.